The van der Waals surface area contributed by atoms with Gasteiger partial charge in [-0.3, -0.25) is 9.89 Å². The second kappa shape index (κ2) is 9.69. The van der Waals surface area contributed by atoms with Crippen molar-refractivity contribution in [3.8, 4) is 0 Å². The molecule has 4 rings (SSSR count). The van der Waals surface area contributed by atoms with Gasteiger partial charge in [0.15, 0.2) is 0 Å². The summed E-state index contributed by atoms with van der Waals surface area (Å²) in [5.74, 6) is 0. The third kappa shape index (κ3) is 5.12. The van der Waals surface area contributed by atoms with Gasteiger partial charge in [0.05, 0.1) is 12.2 Å². The predicted molar refractivity (Wildman–Crippen MR) is 130 cm³/mol. The van der Waals surface area contributed by atoms with E-state index in [1.807, 2.05) is 48.5 Å². The van der Waals surface area contributed by atoms with Crippen molar-refractivity contribution in [1.82, 2.24) is 9.78 Å². The minimum absolute atomic E-state index is 0.127. The van der Waals surface area contributed by atoms with Gasteiger partial charge in [-0.25, -0.2) is 4.68 Å². The third-order valence-corrected chi connectivity index (χ3v) is 5.92. The molecule has 33 heavy (non-hydrogen) atoms. The quantitative estimate of drug-likeness (QED) is 0.222. The lowest BCUT2D eigenvalue weighted by atomic mass is 9.96. The van der Waals surface area contributed by atoms with Crippen molar-refractivity contribution >= 4 is 11.4 Å². The van der Waals surface area contributed by atoms with Gasteiger partial charge in [-0.05, 0) is 66.3 Å². The number of aromatic nitrogens is 2. The van der Waals surface area contributed by atoms with Crippen LogP contribution < -0.4 is 5.56 Å². The van der Waals surface area contributed by atoms with Crippen molar-refractivity contribution in [3.05, 3.63) is 122 Å². The number of aryl methyl sites for hydroxylation is 4. The second-order valence-corrected chi connectivity index (χ2v) is 8.38. The minimum atomic E-state index is -0.316. The lowest BCUT2D eigenvalue weighted by molar-refractivity contribution is -0.435. The molecule has 0 saturated heterocycles. The van der Waals surface area contributed by atoms with Gasteiger partial charge in [-0.1, -0.05) is 60.7 Å². The van der Waals surface area contributed by atoms with Gasteiger partial charge in [-0.15, -0.1) is 0 Å². The molecule has 1 aromatic heterocycles. The molecular weight excluding hydrogens is 412 g/mol. The first-order valence-corrected chi connectivity index (χ1v) is 11.1. The molecule has 1 N–H and O–H groups in total. The highest BCUT2D eigenvalue weighted by molar-refractivity contribution is 5.40. The molecule has 0 bridgehead atoms. The van der Waals surface area contributed by atoms with Crippen molar-refractivity contribution in [3.63, 3.8) is 0 Å². The molecule has 3 aromatic carbocycles. The molecule has 0 aliphatic rings. The topological polar surface area (TPSA) is 76.2 Å². The maximum atomic E-state index is 12.8. The summed E-state index contributed by atoms with van der Waals surface area (Å²) in [6.07, 6.45) is 1.72. The molecule has 0 radical (unpaired) electrons. The van der Waals surface area contributed by atoms with E-state index in [4.69, 9.17) is 0 Å². The fourth-order valence-electron chi connectivity index (χ4n) is 4.08. The molecule has 0 unspecified atom stereocenters. The molecule has 0 aliphatic heterocycles. The van der Waals surface area contributed by atoms with E-state index in [-0.39, 0.29) is 11.2 Å². The minimum Gasteiger partial charge on any atom is -0.594 e. The van der Waals surface area contributed by atoms with Gasteiger partial charge in [0.1, 0.15) is 0 Å². The molecule has 4 aromatic rings. The number of aromatic amines is 1. The zero-order chi connectivity index (χ0) is 23.4. The smallest absolute Gasteiger partial charge is 0.299 e. The first kappa shape index (κ1) is 22.3. The number of hydrogen-bond acceptors (Lipinski definition) is 3. The predicted octanol–water partition coefficient (Wildman–Crippen LogP) is 5.86. The van der Waals surface area contributed by atoms with Gasteiger partial charge < -0.3 is 5.21 Å². The monoisotopic (exact) mass is 440 g/mol. The third-order valence-electron chi connectivity index (χ3n) is 5.92. The van der Waals surface area contributed by atoms with E-state index < -0.39 is 0 Å². The Morgan fingerprint density at radius 2 is 1.55 bits per heavy atom. The van der Waals surface area contributed by atoms with Gasteiger partial charge in [0.2, 0.25) is 11.4 Å². The Morgan fingerprint density at radius 3 is 2.27 bits per heavy atom. The number of azo groups is 1. The summed E-state index contributed by atoms with van der Waals surface area (Å²) in [7, 11) is 0. The number of H-pyrrole nitrogens is 1. The average Bonchev–Trinajstić information content (AvgIpc) is 3.07. The van der Waals surface area contributed by atoms with E-state index in [1.165, 1.54) is 21.4 Å². The van der Waals surface area contributed by atoms with Crippen molar-refractivity contribution in [2.75, 3.05) is 0 Å². The van der Waals surface area contributed by atoms with Crippen LogP contribution in [0.25, 0.3) is 0 Å². The lowest BCUT2D eigenvalue weighted by Crippen LogP contribution is -2.17. The average molecular weight is 441 g/mol. The fourth-order valence-corrected chi connectivity index (χ4v) is 4.08. The number of rotatable bonds is 7. The molecule has 0 amide bonds. The number of hydrogen-bond donors (Lipinski definition) is 1. The van der Waals surface area contributed by atoms with E-state index in [9.17, 15) is 10.0 Å². The van der Waals surface area contributed by atoms with Gasteiger partial charge >= 0.3 is 0 Å². The summed E-state index contributed by atoms with van der Waals surface area (Å²) in [5, 5.41) is 19.9. The van der Waals surface area contributed by atoms with Crippen LogP contribution in [0.1, 0.15) is 33.5 Å². The molecule has 0 fully saturated rings. The van der Waals surface area contributed by atoms with E-state index in [2.05, 4.69) is 42.3 Å². The van der Waals surface area contributed by atoms with E-state index in [0.29, 0.717) is 22.8 Å². The molecular formula is C27H28N4O2. The first-order chi connectivity index (χ1) is 15.9. The van der Waals surface area contributed by atoms with Gasteiger partial charge in [0.25, 0.3) is 5.56 Å². The summed E-state index contributed by atoms with van der Waals surface area (Å²) in [5.41, 5.74) is 6.72. The second-order valence-electron chi connectivity index (χ2n) is 8.38. The van der Waals surface area contributed by atoms with Gasteiger partial charge in [-0.2, -0.15) is 0 Å². The van der Waals surface area contributed by atoms with Crippen molar-refractivity contribution in [1.29, 1.82) is 0 Å². The summed E-state index contributed by atoms with van der Waals surface area (Å²) in [6, 6.07) is 23.4. The van der Waals surface area contributed by atoms with Crippen LogP contribution in [0.4, 0.5) is 11.4 Å². The Labute approximate surface area is 193 Å². The Kier molecular flexibility index (Phi) is 6.54. The van der Waals surface area contributed by atoms with Crippen LogP contribution in [0.3, 0.4) is 0 Å². The van der Waals surface area contributed by atoms with Crippen LogP contribution in [0, 0.1) is 26.0 Å². The number of nitrogens with one attached hydrogen (secondary N) is 1. The highest BCUT2D eigenvalue weighted by Gasteiger charge is 2.16. The van der Waals surface area contributed by atoms with Crippen LogP contribution in [0.2, 0.25) is 0 Å². The molecule has 1 heterocycles. The SMILES string of the molecule is Cc1cccc(C)c1CCc1cccc([N+]([O-])=Nc2c(C)[nH]n(Cc3ccccc3)c2=O)c1. The molecule has 0 spiro atoms. The molecule has 0 aliphatic carbocycles. The first-order valence-electron chi connectivity index (χ1n) is 11.1. The standard InChI is InChI=1S/C27H28N4O2/c1-19-9-7-10-20(2)25(19)16-15-22-13-8-14-24(17-22)31(33)29-26-21(3)28-30(27(26)32)18-23-11-5-4-6-12-23/h4-14,17,28H,15-16,18H2,1-3H3. The van der Waals surface area contributed by atoms with Crippen molar-refractivity contribution in [2.45, 2.75) is 40.2 Å². The summed E-state index contributed by atoms with van der Waals surface area (Å²) in [4.78, 5) is 13.4. The van der Waals surface area contributed by atoms with Crippen molar-refractivity contribution < 1.29 is 4.86 Å². The molecule has 0 atom stereocenters. The Morgan fingerprint density at radius 1 is 0.879 bits per heavy atom. The fraction of sp³-hybridized carbons (Fsp3) is 0.222. The van der Waals surface area contributed by atoms with E-state index in [0.717, 1.165) is 24.0 Å². The maximum Gasteiger partial charge on any atom is 0.299 e. The molecule has 6 heteroatoms. The van der Waals surface area contributed by atoms with Crippen molar-refractivity contribution in [2.24, 2.45) is 5.11 Å². The summed E-state index contributed by atoms with van der Waals surface area (Å²) >= 11 is 0. The normalized spacial score (nSPS) is 11.7. The zero-order valence-corrected chi connectivity index (χ0v) is 19.2. The van der Waals surface area contributed by atoms with Crippen LogP contribution in [0.15, 0.2) is 82.7 Å². The van der Waals surface area contributed by atoms with Crippen LogP contribution in [0.5, 0.6) is 0 Å². The summed E-state index contributed by atoms with van der Waals surface area (Å²) in [6.45, 7) is 6.39. The molecule has 0 saturated carbocycles. The van der Waals surface area contributed by atoms with Gasteiger partial charge in [0, 0.05) is 17.2 Å². The van der Waals surface area contributed by atoms with E-state index >= 15 is 0 Å². The lowest BCUT2D eigenvalue weighted by Gasteiger charge is -2.09. The molecule has 6 nitrogen and oxygen atoms in total. The Hall–Kier alpha value is -3.93. The maximum absolute atomic E-state index is 12.8. The van der Waals surface area contributed by atoms with Crippen LogP contribution >= 0.6 is 0 Å². The Balaban J connectivity index is 1.54. The highest BCUT2D eigenvalue weighted by atomic mass is 16.5. The van der Waals surface area contributed by atoms with Crippen LogP contribution in [-0.2, 0) is 19.4 Å². The van der Waals surface area contributed by atoms with E-state index in [1.54, 1.807) is 13.0 Å². The Bertz CT molecular complexity index is 1330. The van der Waals surface area contributed by atoms with Crippen LogP contribution in [-0.4, -0.2) is 14.6 Å². The zero-order valence-electron chi connectivity index (χ0n) is 19.2. The number of nitrogens with zero attached hydrogens (tertiary/aromatic N) is 3. The molecule has 168 valence electrons. The highest BCUT2D eigenvalue weighted by Crippen LogP contribution is 2.21. The largest absolute Gasteiger partial charge is 0.594 e. The number of benzene rings is 3. The summed E-state index contributed by atoms with van der Waals surface area (Å²) < 4.78 is 1.47.